The molecule has 0 N–H and O–H groups in total. The number of aromatic nitrogens is 3. The number of anilines is 1. The maximum Gasteiger partial charge on any atom is 0.300 e. The first-order valence-corrected chi connectivity index (χ1v) is 9.14. The van der Waals surface area contributed by atoms with Gasteiger partial charge in [-0.2, -0.15) is 5.10 Å². The number of amides is 1. The lowest BCUT2D eigenvalue weighted by atomic mass is 10.1. The van der Waals surface area contributed by atoms with Gasteiger partial charge in [0.05, 0.1) is 23.6 Å². The molecule has 8 heteroatoms. The minimum atomic E-state index is -0.530. The highest BCUT2D eigenvalue weighted by atomic mass is 35.5. The molecule has 2 heterocycles. The average Bonchev–Trinajstić information content (AvgIpc) is 3.32. The third kappa shape index (κ3) is 3.19. The Bertz CT molecular complexity index is 1030. The molecule has 0 radical (unpaired) electrons. The van der Waals surface area contributed by atoms with E-state index in [-0.39, 0.29) is 6.04 Å². The molecule has 142 valence electrons. The van der Waals surface area contributed by atoms with Crippen LogP contribution in [0, 0.1) is 0 Å². The minimum Gasteiger partial charge on any atom is -0.291 e. The molecule has 4 rings (SSSR count). The Labute approximate surface area is 167 Å². The number of carbonyl (C=O) groups is 2. The van der Waals surface area contributed by atoms with Gasteiger partial charge in [-0.15, -0.1) is 0 Å². The third-order valence-corrected chi connectivity index (χ3v) is 5.25. The SMILES string of the molecule is C[C@H](c1ccc(-n2cncn2)cc1)N(C)CN1C(=O)C(=O)c2cc(Cl)ccc21. The molecule has 1 atom stereocenters. The first-order chi connectivity index (χ1) is 13.5. The molecule has 1 aromatic heterocycles. The number of rotatable bonds is 5. The number of Topliss-reactive ketones (excluding diaryl/α,β-unsaturated/α-hetero) is 1. The summed E-state index contributed by atoms with van der Waals surface area (Å²) in [6.45, 7) is 2.35. The zero-order valence-electron chi connectivity index (χ0n) is 15.4. The molecule has 1 aliphatic rings. The lowest BCUT2D eigenvalue weighted by molar-refractivity contribution is -0.114. The normalized spacial score (nSPS) is 14.6. The number of fused-ring (bicyclic) bond motifs is 1. The molecular weight excluding hydrogens is 378 g/mol. The van der Waals surface area contributed by atoms with E-state index < -0.39 is 11.7 Å². The van der Waals surface area contributed by atoms with Crippen LogP contribution in [0.4, 0.5) is 5.69 Å². The summed E-state index contributed by atoms with van der Waals surface area (Å²) in [5, 5.41) is 4.56. The average molecular weight is 396 g/mol. The number of hydrogen-bond acceptors (Lipinski definition) is 5. The smallest absolute Gasteiger partial charge is 0.291 e. The molecule has 2 aromatic carbocycles. The lowest BCUT2D eigenvalue weighted by Gasteiger charge is -2.29. The second-order valence-corrected chi connectivity index (χ2v) is 7.17. The largest absolute Gasteiger partial charge is 0.300 e. The van der Waals surface area contributed by atoms with Crippen LogP contribution < -0.4 is 4.90 Å². The van der Waals surface area contributed by atoms with Gasteiger partial charge in [0, 0.05) is 11.1 Å². The van der Waals surface area contributed by atoms with Gasteiger partial charge in [-0.25, -0.2) is 9.67 Å². The zero-order valence-corrected chi connectivity index (χ0v) is 16.2. The summed E-state index contributed by atoms with van der Waals surface area (Å²) in [5.74, 6) is -1.05. The first-order valence-electron chi connectivity index (χ1n) is 8.76. The number of ketones is 1. The predicted octanol–water partition coefficient (Wildman–Crippen LogP) is 3.10. The molecule has 28 heavy (non-hydrogen) atoms. The fourth-order valence-corrected chi connectivity index (χ4v) is 3.43. The van der Waals surface area contributed by atoms with E-state index in [1.54, 1.807) is 29.2 Å². The predicted molar refractivity (Wildman–Crippen MR) is 106 cm³/mol. The van der Waals surface area contributed by atoms with Crippen molar-refractivity contribution in [3.8, 4) is 5.69 Å². The summed E-state index contributed by atoms with van der Waals surface area (Å²) in [4.78, 5) is 32.1. The van der Waals surface area contributed by atoms with Gasteiger partial charge < -0.3 is 0 Å². The topological polar surface area (TPSA) is 71.3 Å². The molecule has 1 amide bonds. The molecule has 0 bridgehead atoms. The van der Waals surface area contributed by atoms with E-state index >= 15 is 0 Å². The second-order valence-electron chi connectivity index (χ2n) is 6.73. The van der Waals surface area contributed by atoms with Gasteiger partial charge in [0.1, 0.15) is 12.7 Å². The van der Waals surface area contributed by atoms with Crippen molar-refractivity contribution in [3.63, 3.8) is 0 Å². The van der Waals surface area contributed by atoms with Gasteiger partial charge in [-0.05, 0) is 49.9 Å². The Morgan fingerprint density at radius 1 is 1.14 bits per heavy atom. The van der Waals surface area contributed by atoms with Crippen molar-refractivity contribution in [2.24, 2.45) is 0 Å². The van der Waals surface area contributed by atoms with Gasteiger partial charge in [0.25, 0.3) is 5.78 Å². The van der Waals surface area contributed by atoms with E-state index in [2.05, 4.69) is 17.0 Å². The zero-order chi connectivity index (χ0) is 19.8. The van der Waals surface area contributed by atoms with E-state index in [1.807, 2.05) is 36.2 Å². The van der Waals surface area contributed by atoms with Gasteiger partial charge >= 0.3 is 5.91 Å². The van der Waals surface area contributed by atoms with Crippen LogP contribution in [0.15, 0.2) is 55.1 Å². The van der Waals surface area contributed by atoms with Crippen LogP contribution in [0.3, 0.4) is 0 Å². The lowest BCUT2D eigenvalue weighted by Crippen LogP contribution is -2.40. The van der Waals surface area contributed by atoms with Crippen molar-refractivity contribution >= 4 is 29.0 Å². The van der Waals surface area contributed by atoms with Gasteiger partial charge in [0.15, 0.2) is 0 Å². The highest BCUT2D eigenvalue weighted by molar-refractivity contribution is 6.52. The van der Waals surface area contributed by atoms with E-state index in [4.69, 9.17) is 11.6 Å². The Kier molecular flexibility index (Phi) is 4.70. The Hall–Kier alpha value is -3.03. The number of nitrogens with zero attached hydrogens (tertiary/aromatic N) is 5. The number of halogens is 1. The molecule has 0 spiro atoms. The third-order valence-electron chi connectivity index (χ3n) is 5.02. The summed E-state index contributed by atoms with van der Waals surface area (Å²) in [5.41, 5.74) is 2.96. The number of benzene rings is 2. The number of carbonyl (C=O) groups excluding carboxylic acids is 2. The molecule has 7 nitrogen and oxygen atoms in total. The fraction of sp³-hybridized carbons (Fsp3) is 0.200. The van der Waals surface area contributed by atoms with Crippen LogP contribution in [0.25, 0.3) is 5.69 Å². The molecule has 3 aromatic rings. The summed E-state index contributed by atoms with van der Waals surface area (Å²) in [6.07, 6.45) is 3.13. The Morgan fingerprint density at radius 3 is 2.57 bits per heavy atom. The number of hydrogen-bond donors (Lipinski definition) is 0. The molecule has 0 aliphatic carbocycles. The van der Waals surface area contributed by atoms with Crippen LogP contribution in [-0.2, 0) is 4.79 Å². The second kappa shape index (κ2) is 7.18. The quantitative estimate of drug-likeness (QED) is 0.621. The van der Waals surface area contributed by atoms with Crippen LogP contribution in [0.2, 0.25) is 5.02 Å². The Morgan fingerprint density at radius 2 is 1.89 bits per heavy atom. The van der Waals surface area contributed by atoms with Gasteiger partial charge in [-0.3, -0.25) is 19.4 Å². The van der Waals surface area contributed by atoms with Crippen molar-refractivity contribution in [1.29, 1.82) is 0 Å². The van der Waals surface area contributed by atoms with E-state index in [0.717, 1.165) is 11.3 Å². The maximum atomic E-state index is 12.4. The summed E-state index contributed by atoms with van der Waals surface area (Å²) < 4.78 is 1.69. The van der Waals surface area contributed by atoms with Gasteiger partial charge in [0.2, 0.25) is 0 Å². The standard InChI is InChI=1S/C20H18ClN5O2/c1-13(14-3-6-16(7-4-14)26-11-22-10-23-26)24(2)12-25-18-8-5-15(21)9-17(18)19(27)20(25)28/h3-11,13H,12H2,1-2H3/t13-/m1/s1. The molecule has 0 saturated heterocycles. The van der Waals surface area contributed by atoms with E-state index in [9.17, 15) is 9.59 Å². The van der Waals surface area contributed by atoms with Gasteiger partial charge in [-0.1, -0.05) is 23.7 Å². The molecule has 0 unspecified atom stereocenters. The Balaban J connectivity index is 1.51. The molecule has 1 aliphatic heterocycles. The summed E-state index contributed by atoms with van der Waals surface area (Å²) >= 11 is 5.97. The van der Waals surface area contributed by atoms with Crippen LogP contribution in [-0.4, -0.2) is 45.1 Å². The summed E-state index contributed by atoms with van der Waals surface area (Å²) in [7, 11) is 1.92. The first kappa shape index (κ1) is 18.3. The molecule has 0 saturated carbocycles. The highest BCUT2D eigenvalue weighted by Crippen LogP contribution is 2.32. The molecular formula is C20H18ClN5O2. The van der Waals surface area contributed by atoms with Crippen LogP contribution in [0.1, 0.15) is 28.9 Å². The van der Waals surface area contributed by atoms with Crippen molar-refractivity contribution in [2.45, 2.75) is 13.0 Å². The maximum absolute atomic E-state index is 12.4. The highest BCUT2D eigenvalue weighted by Gasteiger charge is 2.36. The van der Waals surface area contributed by atoms with Crippen LogP contribution >= 0.6 is 11.6 Å². The monoisotopic (exact) mass is 395 g/mol. The van der Waals surface area contributed by atoms with Crippen molar-refractivity contribution in [1.82, 2.24) is 19.7 Å². The van der Waals surface area contributed by atoms with Crippen molar-refractivity contribution in [2.75, 3.05) is 18.6 Å². The fourth-order valence-electron chi connectivity index (χ4n) is 3.26. The van der Waals surface area contributed by atoms with Crippen LogP contribution in [0.5, 0.6) is 0 Å². The van der Waals surface area contributed by atoms with Crippen molar-refractivity contribution in [3.05, 3.63) is 71.3 Å². The minimum absolute atomic E-state index is 0.0315. The van der Waals surface area contributed by atoms with E-state index in [1.165, 1.54) is 11.2 Å². The summed E-state index contributed by atoms with van der Waals surface area (Å²) in [6, 6.07) is 12.9. The van der Waals surface area contributed by atoms with Crippen molar-refractivity contribution < 1.29 is 9.59 Å². The van der Waals surface area contributed by atoms with E-state index in [0.29, 0.717) is 22.9 Å². The molecule has 0 fully saturated rings.